The second-order valence-electron chi connectivity index (χ2n) is 29.8. The van der Waals surface area contributed by atoms with Crippen molar-refractivity contribution in [2.24, 2.45) is 20.0 Å². The van der Waals surface area contributed by atoms with Gasteiger partial charge in [0.15, 0.2) is 0 Å². The molecule has 2 atom stereocenters. The van der Waals surface area contributed by atoms with E-state index in [0.29, 0.717) is 51.2 Å². The average molecular weight is 1710 g/mol. The zero-order valence-electron chi connectivity index (χ0n) is 70.0. The van der Waals surface area contributed by atoms with Crippen LogP contribution >= 0.6 is 24.8 Å². The minimum absolute atomic E-state index is 0. The van der Waals surface area contributed by atoms with E-state index in [2.05, 4.69) is 65.1 Å². The Morgan fingerprint density at radius 1 is 0.352 bits per heavy atom. The fraction of sp³-hybridized carbons (Fsp3) is 0.122. The minimum Gasteiger partial charge on any atom is -1.00 e. The Bertz CT molecular complexity index is 6120. The van der Waals surface area contributed by atoms with Crippen LogP contribution in [-0.4, -0.2) is 136 Å². The van der Waals surface area contributed by atoms with Gasteiger partial charge in [0.2, 0.25) is 0 Å². The zero-order valence-corrected chi connectivity index (χ0v) is 72.6. The molecule has 6 aliphatic carbocycles. The van der Waals surface area contributed by atoms with Crippen molar-refractivity contribution >= 4 is 186 Å². The number of nitrogens with zero attached hydrogens (tertiary/aromatic N) is 4. The Morgan fingerprint density at radius 3 is 1.02 bits per heavy atom. The number of carbonyl (C=O) groups excluding carboxylic acids is 1. The summed E-state index contributed by atoms with van der Waals surface area (Å²) in [6.45, 7) is 6.69. The molecule has 12 aromatic rings. The van der Waals surface area contributed by atoms with Crippen LogP contribution in [0.4, 0.5) is 68.2 Å². The Balaban J connectivity index is 0.000000171. The smallest absolute Gasteiger partial charge is 1.00 e. The predicted octanol–water partition coefficient (Wildman–Crippen LogP) is 11.9. The molecule has 0 amide bonds. The first-order valence-electron chi connectivity index (χ1n) is 39.4. The molecule has 35 heteroatoms. The fourth-order valence-electron chi connectivity index (χ4n) is 16.4. The first-order valence-corrected chi connectivity index (χ1v) is 39.4. The third kappa shape index (κ3) is 22.0. The predicted molar refractivity (Wildman–Crippen MR) is 514 cm³/mol. The third-order valence-corrected chi connectivity index (χ3v) is 21.3. The van der Waals surface area contributed by atoms with Crippen LogP contribution in [0.2, 0.25) is 27.3 Å². The molecule has 125 heavy (non-hydrogen) atoms. The molecule has 12 aromatic carbocycles. The summed E-state index contributed by atoms with van der Waals surface area (Å²) in [4.78, 5) is 27.9. The van der Waals surface area contributed by atoms with Gasteiger partial charge < -0.3 is 29.5 Å². The first-order chi connectivity index (χ1) is 59.0. The Labute approximate surface area is 763 Å². The van der Waals surface area contributed by atoms with Crippen LogP contribution < -0.4 is 73.4 Å². The van der Waals surface area contributed by atoms with Crippen LogP contribution in [0.1, 0.15) is 85.9 Å². The number of carbonyl (C=O) groups is 1. The van der Waals surface area contributed by atoms with Crippen LogP contribution in [0.3, 0.4) is 0 Å². The second kappa shape index (κ2) is 43.5. The zero-order chi connectivity index (χ0) is 86.4. The third-order valence-electron chi connectivity index (χ3n) is 21.3. The van der Waals surface area contributed by atoms with Crippen molar-refractivity contribution in [2.75, 3.05) is 57.1 Å². The molecule has 0 saturated heterocycles. The van der Waals surface area contributed by atoms with Gasteiger partial charge >= 0.3 is 556 Å². The summed E-state index contributed by atoms with van der Waals surface area (Å²) in [5.74, 6) is -0.517. The topological polar surface area (TPSA) is 429 Å². The number of anilines is 8. The number of nitrogens with two attached hydrogens (primary N) is 4. The molecular formula is C90H87B8Cl2N12NaO12. The number of halogens is 2. The first kappa shape index (κ1) is 95.2. The molecule has 0 aliphatic heterocycles. The average Bonchev–Trinajstić information content (AvgIpc) is 1.62. The number of aliphatic imine (C=N–C) groups is 4. The number of nitrogens with one attached hydrogen (secondary N) is 4. The number of aldehydes is 1. The number of hydrogen-bond donors (Lipinski definition) is 15. The molecule has 0 bridgehead atoms. The normalized spacial score (nSPS) is 13.4. The number of rotatable bonds is 19. The van der Waals surface area contributed by atoms with Gasteiger partial charge in [0, 0.05) is 28.7 Å². The van der Waals surface area contributed by atoms with Crippen molar-refractivity contribution in [3.05, 3.63) is 291 Å². The maximum atomic E-state index is 11.6. The Morgan fingerprint density at radius 2 is 0.624 bits per heavy atom. The summed E-state index contributed by atoms with van der Waals surface area (Å²) in [6.07, 6.45) is 8.61. The van der Waals surface area contributed by atoms with Crippen molar-refractivity contribution < 1.29 is 90.0 Å². The molecule has 0 heterocycles. The van der Waals surface area contributed by atoms with Gasteiger partial charge in [-0.1, -0.05) is 24.3 Å². The Kier molecular flexibility index (Phi) is 33.2. The van der Waals surface area contributed by atoms with E-state index in [4.69, 9.17) is 22.9 Å². The summed E-state index contributed by atoms with van der Waals surface area (Å²) >= 11 is 0. The maximum Gasteiger partial charge on any atom is 1.00 e. The van der Waals surface area contributed by atoms with E-state index in [0.717, 1.165) is 166 Å². The number of nitrogen functional groups attached to an aromatic ring is 4. The van der Waals surface area contributed by atoms with E-state index in [1.54, 1.807) is 27.3 Å². The van der Waals surface area contributed by atoms with Crippen molar-refractivity contribution in [2.45, 2.75) is 57.9 Å². The molecule has 0 aromatic heterocycles. The number of fused-ring (bicyclic) bond motifs is 18. The van der Waals surface area contributed by atoms with E-state index >= 15 is 0 Å². The van der Waals surface area contributed by atoms with Gasteiger partial charge in [-0.3, -0.25) is 0 Å². The number of benzene rings is 12. The molecule has 0 saturated carbocycles. The molecule has 0 fully saturated rings. The second-order valence-corrected chi connectivity index (χ2v) is 29.8. The molecular weight excluding hydrogens is 1620 g/mol. The summed E-state index contributed by atoms with van der Waals surface area (Å²) in [5.41, 5.74) is 59.1. The molecule has 19 N–H and O–H groups in total. The summed E-state index contributed by atoms with van der Waals surface area (Å²) in [5, 5.41) is 78.6. The van der Waals surface area contributed by atoms with E-state index in [1.165, 1.54) is 69.0 Å². The van der Waals surface area contributed by atoms with Crippen LogP contribution in [0.15, 0.2) is 245 Å². The van der Waals surface area contributed by atoms with Gasteiger partial charge in [-0.15, -0.1) is 24.8 Å². The minimum atomic E-state index is -0.671. The standard InChI is InChI=1S/C16H16B2N2O3.2C16H14B2N2O3.C15H14B2N2O2.C14H14N2O.C13H12N2.2ClH.Na.H/c3*1-18(23)20-11-3-5-13-12-4-2-10(19-9-17-22)6-14(12)16(8-21)15(13)7-11;1-17(21)19-13-3-5-15-11(8-13)6-10-7-12(18-9-16-20)2-4-14(10)15;15-8-1-3-10-11-4-2-9(16)6-13(11)14(7-17)12(10)5-8;14-10-1-3-12-8(6-10)5-9-7-11(15)2-4-13(9)12;;;;/h2-7,9,16,20-21,23H,8H2,1H3;2-9,20-21,23H,1H3;2-9,16,20,23H,1H3;2-5,7-9,19,21H,6H2,1H3;1-6,14,17H,7,15-16H2;1-4,6-7H,5,14-15H2;2*1H;;/q;;;;;;;;+1;-1/b;16-8+,19-9?;;;;;;;;. The molecule has 0 spiro atoms. The Hall–Kier alpha value is -12.0. The maximum absolute atomic E-state index is 11.6. The van der Waals surface area contributed by atoms with Crippen molar-refractivity contribution in [1.82, 2.24) is 0 Å². The number of aliphatic hydroxyl groups is 3. The molecule has 24 nitrogen and oxygen atoms in total. The van der Waals surface area contributed by atoms with E-state index in [-0.39, 0.29) is 86.8 Å². The quantitative estimate of drug-likeness (QED) is 0.0118. The summed E-state index contributed by atoms with van der Waals surface area (Å²) in [6, 6.07) is 70.0. The van der Waals surface area contributed by atoms with Gasteiger partial charge in [0.1, 0.15) is 0 Å². The summed E-state index contributed by atoms with van der Waals surface area (Å²) in [7, 11) is 0.00444. The van der Waals surface area contributed by atoms with Crippen LogP contribution in [0.5, 0.6) is 0 Å². The molecule has 2 unspecified atom stereocenters. The largest absolute Gasteiger partial charge is 1.00 e. The summed E-state index contributed by atoms with van der Waals surface area (Å²) < 4.78 is 41.6. The van der Waals surface area contributed by atoms with E-state index in [1.807, 2.05) is 194 Å². The van der Waals surface area contributed by atoms with Crippen molar-refractivity contribution in [3.8, 4) is 66.8 Å². The molecule has 6 aliphatic rings. The van der Waals surface area contributed by atoms with Gasteiger partial charge in [-0.05, 0) is 99.5 Å². The van der Waals surface area contributed by atoms with Gasteiger partial charge in [0.25, 0.3) is 0 Å². The van der Waals surface area contributed by atoms with Gasteiger partial charge in [-0.2, -0.15) is 0 Å². The van der Waals surface area contributed by atoms with E-state index in [9.17, 15) is 59.0 Å². The van der Waals surface area contributed by atoms with Crippen LogP contribution in [-0.2, 0) is 36.5 Å². The number of aliphatic hydroxyl groups excluding tert-OH is 3. The number of hydrogen-bond acceptors (Lipinski definition) is 24. The van der Waals surface area contributed by atoms with Crippen molar-refractivity contribution in [1.29, 1.82) is 0 Å². The van der Waals surface area contributed by atoms with Crippen LogP contribution in [0.25, 0.3) is 72.3 Å². The fourth-order valence-corrected chi connectivity index (χ4v) is 16.4. The SMILES string of the molecule is CB(O)Nc1ccc2c(c1)/C(=C/O)c1cc(N=CB=O)ccc1-2.CB(O)Nc1ccc2c(c1)C(C=O)c1cc(N=CB=O)ccc1-2.CB(O)Nc1ccc2c(c1)C(CO)c1cc(N=CB=O)ccc1-2.CB(O)Nc1ccc2c(c1)Cc1cc(N=CB=O)ccc1-2.Cl.Cl.Nc1ccc2c(c1)C(CO)c1cc(N)ccc1-2.Nc1ccc2c(c1)Cc1cc(N)ccc1-2.[H-].[Na+]. The molecule has 0 radical (unpaired) electrons. The van der Waals surface area contributed by atoms with Crippen LogP contribution in [0, 0.1) is 0 Å². The monoisotopic (exact) mass is 1710 g/mol. The van der Waals surface area contributed by atoms with Gasteiger partial charge in [0.05, 0.1) is 6.61 Å². The molecule has 18 rings (SSSR count). The van der Waals surface area contributed by atoms with Gasteiger partial charge in [-0.25, -0.2) is 0 Å². The van der Waals surface area contributed by atoms with Crippen molar-refractivity contribution in [3.63, 3.8) is 0 Å². The molecule has 618 valence electrons. The van der Waals surface area contributed by atoms with E-state index < -0.39 is 28.2 Å².